The van der Waals surface area contributed by atoms with Gasteiger partial charge in [-0.2, -0.15) is 0 Å². The van der Waals surface area contributed by atoms with Gasteiger partial charge in [-0.25, -0.2) is 0 Å². The monoisotopic (exact) mass is 674 g/mol. The largest absolute Gasteiger partial charge is 0.314 e. The molecule has 0 atom stereocenters. The van der Waals surface area contributed by atoms with E-state index in [4.69, 9.17) is 0 Å². The molecule has 1 aliphatic rings. The average molecular weight is 675 g/mol. The highest BCUT2D eigenvalue weighted by Crippen LogP contribution is 2.44. The Morgan fingerprint density at radius 1 is 0.440 bits per heavy atom. The number of hydrogen-bond acceptors (Lipinski definition) is 3. The number of thiophene rings is 2. The van der Waals surface area contributed by atoms with Gasteiger partial charge in [0.2, 0.25) is 0 Å². The number of hydrogen-bond donors (Lipinski definition) is 0. The lowest BCUT2D eigenvalue weighted by molar-refractivity contribution is 0.896. The maximum absolute atomic E-state index is 2.50. The molecule has 0 radical (unpaired) electrons. The molecule has 3 aromatic heterocycles. The van der Waals surface area contributed by atoms with Crippen LogP contribution < -0.4 is 4.90 Å². The molecule has 0 saturated heterocycles. The third kappa shape index (κ3) is 4.19. The van der Waals surface area contributed by atoms with E-state index in [0.717, 1.165) is 12.8 Å². The Balaban J connectivity index is 1.10. The minimum absolute atomic E-state index is 0.931. The number of para-hydroxylation sites is 1. The zero-order valence-corrected chi connectivity index (χ0v) is 28.8. The fourth-order valence-electron chi connectivity index (χ4n) is 8.22. The van der Waals surface area contributed by atoms with Gasteiger partial charge >= 0.3 is 0 Å². The Morgan fingerprint density at radius 3 is 1.90 bits per heavy atom. The van der Waals surface area contributed by atoms with Crippen LogP contribution in [-0.2, 0) is 0 Å². The van der Waals surface area contributed by atoms with Crippen molar-refractivity contribution >= 4 is 113 Å². The molecule has 0 spiro atoms. The second-order valence-electron chi connectivity index (χ2n) is 13.2. The van der Waals surface area contributed by atoms with E-state index in [-0.39, 0.29) is 0 Å². The van der Waals surface area contributed by atoms with E-state index in [2.05, 4.69) is 167 Å². The van der Waals surface area contributed by atoms with Gasteiger partial charge in [-0.3, -0.25) is 0 Å². The summed E-state index contributed by atoms with van der Waals surface area (Å²) in [6.07, 6.45) is 6.60. The van der Waals surface area contributed by atoms with Gasteiger partial charge < -0.3 is 9.47 Å². The van der Waals surface area contributed by atoms with Crippen LogP contribution in [0.3, 0.4) is 0 Å². The first-order valence-electron chi connectivity index (χ1n) is 17.2. The normalized spacial score (nSPS) is 13.7. The second-order valence-corrected chi connectivity index (χ2v) is 15.4. The number of nitrogens with zero attached hydrogens (tertiary/aromatic N) is 2. The molecule has 4 heteroatoms. The van der Waals surface area contributed by atoms with Crippen molar-refractivity contribution in [2.45, 2.75) is 12.8 Å². The van der Waals surface area contributed by atoms with Gasteiger partial charge in [-0.15, -0.1) is 22.7 Å². The Morgan fingerprint density at radius 2 is 1.08 bits per heavy atom. The molecule has 0 unspecified atom stereocenters. The standard InChI is InChI=1S/C46H30N2S2/c1-2-10-34-29(9-1)17-25-41-46(34)38-13-3-6-14-40(38)48(41)31-20-18-30(19-21-31)47(32-23-26-44-39(27-32)36-12-5-8-16-43(36)49-44)33-22-24-37-35-11-4-7-15-42(35)50-45(37)28-33/h1-18,20,22-28H,19,21H2. The maximum atomic E-state index is 2.50. The van der Waals surface area contributed by atoms with E-state index in [1.165, 1.54) is 95.7 Å². The third-order valence-corrected chi connectivity index (χ3v) is 12.8. The molecule has 50 heavy (non-hydrogen) atoms. The van der Waals surface area contributed by atoms with E-state index in [1.54, 1.807) is 0 Å². The average Bonchev–Trinajstić information content (AvgIpc) is 3.84. The van der Waals surface area contributed by atoms with E-state index in [1.807, 2.05) is 22.7 Å². The summed E-state index contributed by atoms with van der Waals surface area (Å²) in [4.78, 5) is 2.50. The smallest absolute Gasteiger partial charge is 0.0544 e. The predicted molar refractivity (Wildman–Crippen MR) is 219 cm³/mol. The van der Waals surface area contributed by atoms with Crippen molar-refractivity contribution in [2.75, 3.05) is 4.90 Å². The summed E-state index contributed by atoms with van der Waals surface area (Å²) in [5.41, 5.74) is 7.58. The minimum atomic E-state index is 0.931. The van der Waals surface area contributed by atoms with Crippen LogP contribution in [0.2, 0.25) is 0 Å². The maximum Gasteiger partial charge on any atom is 0.0544 e. The Labute approximate surface area is 297 Å². The highest BCUT2D eigenvalue weighted by molar-refractivity contribution is 7.26. The van der Waals surface area contributed by atoms with Crippen LogP contribution in [0.15, 0.2) is 163 Å². The lowest BCUT2D eigenvalue weighted by Gasteiger charge is -2.30. The van der Waals surface area contributed by atoms with E-state index in [9.17, 15) is 0 Å². The molecule has 7 aromatic carbocycles. The Bertz CT molecular complexity index is 3060. The van der Waals surface area contributed by atoms with Crippen molar-refractivity contribution in [3.05, 3.63) is 163 Å². The van der Waals surface area contributed by atoms with E-state index in [0.29, 0.717) is 0 Å². The van der Waals surface area contributed by atoms with Crippen molar-refractivity contribution < 1.29 is 0 Å². The van der Waals surface area contributed by atoms with Crippen LogP contribution >= 0.6 is 22.7 Å². The first kappa shape index (κ1) is 28.2. The highest BCUT2D eigenvalue weighted by Gasteiger charge is 2.22. The minimum Gasteiger partial charge on any atom is -0.314 e. The second kappa shape index (κ2) is 10.9. The van der Waals surface area contributed by atoms with Gasteiger partial charge in [-0.1, -0.05) is 91.0 Å². The number of anilines is 2. The molecule has 3 heterocycles. The zero-order chi connectivity index (χ0) is 32.8. The van der Waals surface area contributed by atoms with Gasteiger partial charge in [0.25, 0.3) is 0 Å². The molecule has 0 aliphatic heterocycles. The Kier molecular flexibility index (Phi) is 6.15. The lowest BCUT2D eigenvalue weighted by atomic mass is 10.0. The van der Waals surface area contributed by atoms with E-state index < -0.39 is 0 Å². The number of benzene rings is 7. The van der Waals surface area contributed by atoms with Crippen molar-refractivity contribution in [3.63, 3.8) is 0 Å². The van der Waals surface area contributed by atoms with Gasteiger partial charge in [-0.05, 0) is 90.4 Å². The van der Waals surface area contributed by atoms with Crippen molar-refractivity contribution in [3.8, 4) is 0 Å². The van der Waals surface area contributed by atoms with Crippen LogP contribution in [0.1, 0.15) is 12.8 Å². The van der Waals surface area contributed by atoms with Gasteiger partial charge in [0.15, 0.2) is 0 Å². The summed E-state index contributed by atoms with van der Waals surface area (Å²) in [5, 5.41) is 10.5. The molecular weight excluding hydrogens is 645 g/mol. The van der Waals surface area contributed by atoms with Crippen LogP contribution in [0.25, 0.3) is 78.6 Å². The molecule has 2 nitrogen and oxygen atoms in total. The number of fused-ring (bicyclic) bond motifs is 11. The van der Waals surface area contributed by atoms with Crippen molar-refractivity contribution in [1.82, 2.24) is 4.57 Å². The molecule has 0 N–H and O–H groups in total. The lowest BCUT2D eigenvalue weighted by Crippen LogP contribution is -2.18. The number of aromatic nitrogens is 1. The molecule has 236 valence electrons. The van der Waals surface area contributed by atoms with Crippen molar-refractivity contribution in [2.24, 2.45) is 0 Å². The van der Waals surface area contributed by atoms with Gasteiger partial charge in [0, 0.05) is 73.9 Å². The van der Waals surface area contributed by atoms with Crippen LogP contribution in [-0.4, -0.2) is 4.57 Å². The first-order chi connectivity index (χ1) is 24.8. The predicted octanol–water partition coefficient (Wildman–Crippen LogP) is 14.0. The van der Waals surface area contributed by atoms with Crippen LogP contribution in [0, 0.1) is 0 Å². The Hall–Kier alpha value is -5.68. The fourth-order valence-corrected chi connectivity index (χ4v) is 10.4. The van der Waals surface area contributed by atoms with Crippen LogP contribution in [0.5, 0.6) is 0 Å². The quantitative estimate of drug-likeness (QED) is 0.180. The molecule has 11 rings (SSSR count). The number of allylic oxidation sites excluding steroid dienone is 4. The molecule has 0 fully saturated rings. The first-order valence-corrected chi connectivity index (χ1v) is 18.9. The summed E-state index contributed by atoms with van der Waals surface area (Å²) in [5.74, 6) is 0. The third-order valence-electron chi connectivity index (χ3n) is 10.5. The highest BCUT2D eigenvalue weighted by atomic mass is 32.1. The summed E-state index contributed by atoms with van der Waals surface area (Å²) >= 11 is 3.76. The van der Waals surface area contributed by atoms with Gasteiger partial charge in [0.05, 0.1) is 11.0 Å². The molecule has 0 saturated carbocycles. The van der Waals surface area contributed by atoms with Gasteiger partial charge in [0.1, 0.15) is 0 Å². The molecule has 0 bridgehead atoms. The summed E-state index contributed by atoms with van der Waals surface area (Å²) < 4.78 is 7.82. The summed E-state index contributed by atoms with van der Waals surface area (Å²) in [6, 6.07) is 53.9. The van der Waals surface area contributed by atoms with E-state index >= 15 is 0 Å². The van der Waals surface area contributed by atoms with Crippen LogP contribution in [0.4, 0.5) is 11.4 Å². The molecule has 1 aliphatic carbocycles. The SMILES string of the molecule is C1=C(N(c2ccc3c(c2)sc2ccccc23)c2ccc3sc4ccccc4c3c2)CCC(n2c3ccccc3c3c4ccccc4ccc32)=C1. The number of rotatable bonds is 4. The fraction of sp³-hybridized carbons (Fsp3) is 0.0435. The zero-order valence-electron chi connectivity index (χ0n) is 27.1. The summed E-state index contributed by atoms with van der Waals surface area (Å²) in [7, 11) is 0. The van der Waals surface area contributed by atoms with Crippen molar-refractivity contribution in [1.29, 1.82) is 0 Å². The molecular formula is C46H30N2S2. The topological polar surface area (TPSA) is 8.17 Å². The summed E-state index contributed by atoms with van der Waals surface area (Å²) in [6.45, 7) is 0. The molecule has 0 amide bonds. The molecule has 10 aromatic rings.